The van der Waals surface area contributed by atoms with E-state index in [4.69, 9.17) is 14.2 Å². The van der Waals surface area contributed by atoms with Gasteiger partial charge in [0, 0.05) is 27.8 Å². The molecule has 4 N–H and O–H groups in total. The van der Waals surface area contributed by atoms with Crippen molar-refractivity contribution in [2.75, 3.05) is 20.3 Å². The number of H-pyrrole nitrogens is 1. The predicted octanol–water partition coefficient (Wildman–Crippen LogP) is 5.65. The number of hydrogen-bond acceptors (Lipinski definition) is 7. The molecule has 7 nitrogen and oxygen atoms in total. The second-order valence-electron chi connectivity index (χ2n) is 9.47. The van der Waals surface area contributed by atoms with Crippen LogP contribution in [0.25, 0.3) is 33.4 Å². The Kier molecular flexibility index (Phi) is 9.30. The van der Waals surface area contributed by atoms with Crippen LogP contribution in [0.15, 0.2) is 65.6 Å². The van der Waals surface area contributed by atoms with E-state index in [1.807, 2.05) is 36.0 Å². The Labute approximate surface area is 232 Å². The third-order valence-electron chi connectivity index (χ3n) is 6.51. The monoisotopic (exact) mass is 553 g/mol. The average Bonchev–Trinajstić information content (AvgIpc) is 3.61. The van der Waals surface area contributed by atoms with Crippen LogP contribution in [-0.4, -0.2) is 65.0 Å². The fourth-order valence-corrected chi connectivity index (χ4v) is 5.64. The van der Waals surface area contributed by atoms with Gasteiger partial charge < -0.3 is 30.0 Å². The van der Waals surface area contributed by atoms with E-state index in [1.165, 1.54) is 18.0 Å². The molecule has 6 rings (SSSR count). The number of aromatic amines is 1. The summed E-state index contributed by atoms with van der Waals surface area (Å²) >= 11 is 1.84. The molecule has 208 valence electrons. The van der Waals surface area contributed by atoms with Crippen LogP contribution in [0.5, 0.6) is 5.88 Å². The Morgan fingerprint density at radius 1 is 0.974 bits per heavy atom. The molecule has 2 fully saturated rings. The zero-order valence-electron chi connectivity index (χ0n) is 21.6. The van der Waals surface area contributed by atoms with E-state index < -0.39 is 11.9 Å². The number of ether oxygens (including phenoxy) is 3. The second-order valence-corrected chi connectivity index (χ2v) is 11.1. The van der Waals surface area contributed by atoms with Crippen LogP contribution in [0.4, 0.5) is 4.39 Å². The molecule has 4 aromatic rings. The van der Waals surface area contributed by atoms with Crippen LogP contribution in [0.2, 0.25) is 0 Å². The lowest BCUT2D eigenvalue weighted by Gasteiger charge is -2.16. The first kappa shape index (κ1) is 29.0. The summed E-state index contributed by atoms with van der Waals surface area (Å²) in [5.74, 6) is 0.0490. The van der Waals surface area contributed by atoms with Crippen molar-refractivity contribution in [1.82, 2.24) is 9.97 Å². The van der Waals surface area contributed by atoms with Crippen LogP contribution in [0, 0.1) is 5.82 Å². The maximum Gasteiger partial charge on any atom is 0.193 e. The summed E-state index contributed by atoms with van der Waals surface area (Å²) < 4.78 is 32.3. The van der Waals surface area contributed by atoms with Crippen molar-refractivity contribution in [3.8, 4) is 28.3 Å². The molecule has 0 amide bonds. The van der Waals surface area contributed by atoms with Crippen molar-refractivity contribution in [3.63, 3.8) is 0 Å². The predicted molar refractivity (Wildman–Crippen MR) is 155 cm³/mol. The number of rotatable bonds is 6. The standard InChI is InChI=1S/C28H27FN2O4S.CH5N.CH4/c1-15(2)36-19-9-7-17(8-10-19)16-3-5-18(6-4-16)26-20(29)11-21-22(31-26)12-25(30-21)35-24-14-34-27-23(32)13-33-28(24)27;1-2;/h3-12,15,23-24,27-28,30,32H,13-14H2,1-2H3;2H2,1H3;1H4/t23?,24?,27?,28-;;/m1../s1. The number of pyridine rings is 1. The first-order valence-electron chi connectivity index (χ1n) is 12.7. The van der Waals surface area contributed by atoms with E-state index in [1.54, 1.807) is 6.07 Å². The van der Waals surface area contributed by atoms with Crippen molar-refractivity contribution in [2.24, 2.45) is 5.73 Å². The summed E-state index contributed by atoms with van der Waals surface area (Å²) in [4.78, 5) is 8.89. The molecule has 2 aromatic heterocycles. The van der Waals surface area contributed by atoms with Gasteiger partial charge in [-0.25, -0.2) is 9.37 Å². The van der Waals surface area contributed by atoms with Gasteiger partial charge in [-0.05, 0) is 30.3 Å². The van der Waals surface area contributed by atoms with Gasteiger partial charge in [0.15, 0.2) is 17.8 Å². The average molecular weight is 554 g/mol. The summed E-state index contributed by atoms with van der Waals surface area (Å²) in [6.07, 6.45) is -1.69. The topological polar surface area (TPSA) is 103 Å². The number of thioether (sulfide) groups is 1. The van der Waals surface area contributed by atoms with Gasteiger partial charge in [-0.3, -0.25) is 0 Å². The molecular weight excluding hydrogens is 517 g/mol. The highest BCUT2D eigenvalue weighted by Gasteiger charge is 2.48. The molecular formula is C30H36FN3O4S. The molecule has 0 aliphatic carbocycles. The zero-order chi connectivity index (χ0) is 26.8. The molecule has 4 heterocycles. The first-order valence-corrected chi connectivity index (χ1v) is 13.5. The maximum absolute atomic E-state index is 15.0. The van der Waals surface area contributed by atoms with E-state index in [9.17, 15) is 5.11 Å². The molecule has 2 aromatic carbocycles. The SMILES string of the molecule is C.CC(C)Sc1ccc(-c2ccc(-c3nc4cc(OC5COC6C(O)CO[C@H]56)[nH]c4cc3F)cc2)cc1.CN. The molecule has 0 radical (unpaired) electrons. The van der Waals surface area contributed by atoms with Crippen LogP contribution in [0.1, 0.15) is 21.3 Å². The van der Waals surface area contributed by atoms with E-state index in [0.717, 1.165) is 11.1 Å². The number of nitrogens with one attached hydrogen (secondary N) is 1. The van der Waals surface area contributed by atoms with E-state index in [-0.39, 0.29) is 38.0 Å². The summed E-state index contributed by atoms with van der Waals surface area (Å²) in [6.45, 7) is 4.91. The second kappa shape index (κ2) is 12.5. The summed E-state index contributed by atoms with van der Waals surface area (Å²) in [5.41, 5.74) is 8.82. The molecule has 0 saturated carbocycles. The first-order chi connectivity index (χ1) is 18.4. The fraction of sp³-hybridized carbons (Fsp3) is 0.367. The van der Waals surface area contributed by atoms with Gasteiger partial charge >= 0.3 is 0 Å². The Bertz CT molecular complexity index is 1380. The highest BCUT2D eigenvalue weighted by Crippen LogP contribution is 2.33. The third kappa shape index (κ3) is 6.13. The summed E-state index contributed by atoms with van der Waals surface area (Å²) in [7, 11) is 1.50. The van der Waals surface area contributed by atoms with Gasteiger partial charge in [0.25, 0.3) is 0 Å². The van der Waals surface area contributed by atoms with Crippen molar-refractivity contribution in [1.29, 1.82) is 0 Å². The number of nitrogens with zero attached hydrogens (tertiary/aromatic N) is 1. The lowest BCUT2D eigenvalue weighted by molar-refractivity contribution is 0.00794. The highest BCUT2D eigenvalue weighted by molar-refractivity contribution is 7.99. The van der Waals surface area contributed by atoms with Gasteiger partial charge in [0.2, 0.25) is 0 Å². The fourth-order valence-electron chi connectivity index (χ4n) is 4.80. The minimum Gasteiger partial charge on any atom is -0.470 e. The number of aliphatic hydroxyl groups excluding tert-OH is 1. The van der Waals surface area contributed by atoms with E-state index >= 15 is 4.39 Å². The number of nitrogens with two attached hydrogens (primary N) is 1. The highest BCUT2D eigenvalue weighted by atomic mass is 32.2. The molecule has 2 saturated heterocycles. The van der Waals surface area contributed by atoms with Crippen molar-refractivity contribution < 1.29 is 23.7 Å². The normalized spacial score (nSPS) is 21.8. The lowest BCUT2D eigenvalue weighted by atomic mass is 10.0. The molecule has 2 aliphatic rings. The molecule has 0 spiro atoms. The zero-order valence-corrected chi connectivity index (χ0v) is 22.4. The maximum atomic E-state index is 15.0. The van der Waals surface area contributed by atoms with Gasteiger partial charge in [-0.15, -0.1) is 11.8 Å². The molecule has 9 heteroatoms. The van der Waals surface area contributed by atoms with Gasteiger partial charge in [0.05, 0.1) is 24.2 Å². The van der Waals surface area contributed by atoms with Gasteiger partial charge in [0.1, 0.15) is 24.0 Å². The molecule has 2 aliphatic heterocycles. The quantitative estimate of drug-likeness (QED) is 0.265. The van der Waals surface area contributed by atoms with E-state index in [2.05, 4.69) is 53.8 Å². The Morgan fingerprint density at radius 2 is 1.59 bits per heavy atom. The Hall–Kier alpha value is -2.95. The van der Waals surface area contributed by atoms with Crippen molar-refractivity contribution in [3.05, 3.63) is 66.5 Å². The minimum absolute atomic E-state index is 0. The molecule has 3 unspecified atom stereocenters. The number of fused-ring (bicyclic) bond motifs is 2. The van der Waals surface area contributed by atoms with Crippen LogP contribution >= 0.6 is 11.8 Å². The number of benzene rings is 2. The Balaban J connectivity index is 0.00000115. The summed E-state index contributed by atoms with van der Waals surface area (Å²) in [5, 5.41) is 10.5. The van der Waals surface area contributed by atoms with Crippen molar-refractivity contribution in [2.45, 2.75) is 55.8 Å². The Morgan fingerprint density at radius 3 is 2.26 bits per heavy atom. The number of hydrogen-bond donors (Lipinski definition) is 3. The minimum atomic E-state index is -0.640. The smallest absolute Gasteiger partial charge is 0.193 e. The van der Waals surface area contributed by atoms with Crippen molar-refractivity contribution >= 4 is 22.8 Å². The molecule has 39 heavy (non-hydrogen) atoms. The largest absolute Gasteiger partial charge is 0.470 e. The van der Waals surface area contributed by atoms with E-state index in [0.29, 0.717) is 34.3 Å². The number of aromatic nitrogens is 2. The van der Waals surface area contributed by atoms with Crippen LogP contribution in [-0.2, 0) is 9.47 Å². The lowest BCUT2D eigenvalue weighted by Crippen LogP contribution is -2.34. The summed E-state index contributed by atoms with van der Waals surface area (Å²) in [6, 6.07) is 19.4. The van der Waals surface area contributed by atoms with Gasteiger partial charge in [-0.2, -0.15) is 0 Å². The number of halogens is 1. The van der Waals surface area contributed by atoms with Crippen LogP contribution in [0.3, 0.4) is 0 Å². The molecule has 0 bridgehead atoms. The number of aliphatic hydroxyl groups is 1. The van der Waals surface area contributed by atoms with Gasteiger partial charge in [-0.1, -0.05) is 57.7 Å². The third-order valence-corrected chi connectivity index (χ3v) is 7.52. The van der Waals surface area contributed by atoms with Crippen LogP contribution < -0.4 is 10.5 Å². The molecule has 4 atom stereocenters.